The summed E-state index contributed by atoms with van der Waals surface area (Å²) in [4.78, 5) is 11.7. The molecule has 6 nitrogen and oxygen atoms in total. The summed E-state index contributed by atoms with van der Waals surface area (Å²) in [6.07, 6.45) is 8.08. The third-order valence-corrected chi connectivity index (χ3v) is 5.21. The summed E-state index contributed by atoms with van der Waals surface area (Å²) in [6, 6.07) is 8.40. The number of methoxy groups -OCH3 is 1. The molecule has 26 heavy (non-hydrogen) atoms. The fourth-order valence-electron chi connectivity index (χ4n) is 3.90. The van der Waals surface area contributed by atoms with E-state index >= 15 is 0 Å². The number of rotatable bonds is 5. The third kappa shape index (κ3) is 3.81. The van der Waals surface area contributed by atoms with Crippen molar-refractivity contribution in [2.24, 2.45) is 0 Å². The summed E-state index contributed by atoms with van der Waals surface area (Å²) in [5.41, 5.74) is 1.00. The van der Waals surface area contributed by atoms with Crippen molar-refractivity contribution in [1.29, 1.82) is 0 Å². The van der Waals surface area contributed by atoms with Gasteiger partial charge >= 0.3 is 0 Å². The summed E-state index contributed by atoms with van der Waals surface area (Å²) in [6.45, 7) is 2.85. The summed E-state index contributed by atoms with van der Waals surface area (Å²) in [7, 11) is 1.65. The molecule has 0 radical (unpaired) electrons. The highest BCUT2D eigenvalue weighted by Gasteiger charge is 2.33. The Morgan fingerprint density at radius 2 is 1.81 bits per heavy atom. The highest BCUT2D eigenvalue weighted by atomic mass is 16.5. The Balaban J connectivity index is 1.49. The normalized spacial score (nSPS) is 21.7. The Morgan fingerprint density at radius 3 is 2.58 bits per heavy atom. The van der Waals surface area contributed by atoms with Crippen LogP contribution in [0.4, 0.5) is 0 Å². The van der Waals surface area contributed by atoms with Gasteiger partial charge in [-0.3, -0.25) is 9.88 Å². The van der Waals surface area contributed by atoms with Crippen LogP contribution in [-0.4, -0.2) is 47.8 Å². The largest absolute Gasteiger partial charge is 0.497 e. The summed E-state index contributed by atoms with van der Waals surface area (Å²) < 4.78 is 16.6. The maximum absolute atomic E-state index is 5.89. The van der Waals surface area contributed by atoms with E-state index in [0.717, 1.165) is 56.2 Å². The first-order valence-electron chi connectivity index (χ1n) is 9.31. The van der Waals surface area contributed by atoms with E-state index in [2.05, 4.69) is 9.88 Å². The molecule has 1 atom stereocenters. The van der Waals surface area contributed by atoms with Gasteiger partial charge in [-0.2, -0.15) is 0 Å². The molecule has 2 fully saturated rings. The second-order valence-corrected chi connectivity index (χ2v) is 6.80. The van der Waals surface area contributed by atoms with Gasteiger partial charge in [0.2, 0.25) is 5.88 Å². The van der Waals surface area contributed by atoms with Gasteiger partial charge in [0.15, 0.2) is 0 Å². The minimum atomic E-state index is 0.324. The summed E-state index contributed by atoms with van der Waals surface area (Å²) >= 11 is 0. The van der Waals surface area contributed by atoms with Gasteiger partial charge in [0.1, 0.15) is 11.5 Å². The van der Waals surface area contributed by atoms with Crippen molar-refractivity contribution in [2.45, 2.75) is 37.8 Å². The second kappa shape index (κ2) is 8.01. The topological polar surface area (TPSA) is 56.7 Å². The molecule has 1 aromatic carbocycles. The molecule has 0 N–H and O–H groups in total. The number of aromatic nitrogens is 2. The number of benzene rings is 1. The van der Waals surface area contributed by atoms with E-state index in [4.69, 9.17) is 19.2 Å². The minimum absolute atomic E-state index is 0.324. The first-order valence-corrected chi connectivity index (χ1v) is 9.31. The van der Waals surface area contributed by atoms with Crippen molar-refractivity contribution in [2.75, 3.05) is 26.9 Å². The van der Waals surface area contributed by atoms with Crippen molar-refractivity contribution in [3.05, 3.63) is 42.4 Å². The minimum Gasteiger partial charge on any atom is -0.497 e. The molecule has 2 aliphatic rings. The van der Waals surface area contributed by atoms with Gasteiger partial charge in [-0.25, -0.2) is 4.98 Å². The van der Waals surface area contributed by atoms with Gasteiger partial charge < -0.3 is 14.2 Å². The number of likely N-dealkylation sites (tertiary alicyclic amines) is 1. The van der Waals surface area contributed by atoms with E-state index in [1.54, 1.807) is 13.3 Å². The molecule has 3 heterocycles. The molecule has 0 aliphatic carbocycles. The number of nitrogens with zero attached hydrogens (tertiary/aromatic N) is 3. The number of ether oxygens (including phenoxy) is 3. The maximum Gasteiger partial charge on any atom is 0.238 e. The monoisotopic (exact) mass is 355 g/mol. The van der Waals surface area contributed by atoms with Crippen LogP contribution < -0.4 is 9.47 Å². The molecule has 0 amide bonds. The SMILES string of the molecule is COc1ccc(Oc2cncc([C@H]3CCCN3C3CCOCC3)n2)cc1. The van der Waals surface area contributed by atoms with Crippen molar-refractivity contribution in [3.8, 4) is 17.4 Å². The van der Waals surface area contributed by atoms with Crippen molar-refractivity contribution < 1.29 is 14.2 Å². The van der Waals surface area contributed by atoms with E-state index in [0.29, 0.717) is 18.0 Å². The van der Waals surface area contributed by atoms with Crippen LogP contribution in [0.25, 0.3) is 0 Å². The van der Waals surface area contributed by atoms with E-state index in [1.807, 2.05) is 30.5 Å². The molecule has 2 saturated heterocycles. The quantitative estimate of drug-likeness (QED) is 0.817. The van der Waals surface area contributed by atoms with Gasteiger partial charge in [0, 0.05) is 19.3 Å². The van der Waals surface area contributed by atoms with Crippen LogP contribution in [-0.2, 0) is 4.74 Å². The molecule has 2 aromatic rings. The smallest absolute Gasteiger partial charge is 0.238 e. The Hall–Kier alpha value is -2.18. The first kappa shape index (κ1) is 17.2. The fourth-order valence-corrected chi connectivity index (χ4v) is 3.90. The van der Waals surface area contributed by atoms with Gasteiger partial charge in [-0.15, -0.1) is 0 Å². The van der Waals surface area contributed by atoms with Crippen LogP contribution in [0.15, 0.2) is 36.7 Å². The van der Waals surface area contributed by atoms with Crippen molar-refractivity contribution >= 4 is 0 Å². The van der Waals surface area contributed by atoms with E-state index in [9.17, 15) is 0 Å². The molecular weight excluding hydrogens is 330 g/mol. The molecular formula is C20H25N3O3. The lowest BCUT2D eigenvalue weighted by molar-refractivity contribution is 0.0284. The van der Waals surface area contributed by atoms with Crippen LogP contribution >= 0.6 is 0 Å². The standard InChI is InChI=1S/C20H25N3O3/c1-24-16-4-6-17(7-5-16)26-20-14-21-13-18(22-20)19-3-2-10-23(19)15-8-11-25-12-9-15/h4-7,13-15,19H,2-3,8-12H2,1H3/t19-/m1/s1. The van der Waals surface area contributed by atoms with Crippen LogP contribution in [0.2, 0.25) is 0 Å². The zero-order valence-electron chi connectivity index (χ0n) is 15.1. The predicted molar refractivity (Wildman–Crippen MR) is 97.6 cm³/mol. The summed E-state index contributed by atoms with van der Waals surface area (Å²) in [5, 5.41) is 0. The molecule has 4 rings (SSSR count). The molecule has 138 valence electrons. The van der Waals surface area contributed by atoms with Crippen LogP contribution in [0.3, 0.4) is 0 Å². The summed E-state index contributed by atoms with van der Waals surface area (Å²) in [5.74, 6) is 2.06. The zero-order valence-corrected chi connectivity index (χ0v) is 15.1. The van der Waals surface area contributed by atoms with Crippen molar-refractivity contribution in [1.82, 2.24) is 14.9 Å². The predicted octanol–water partition coefficient (Wildman–Crippen LogP) is 3.59. The van der Waals surface area contributed by atoms with Crippen LogP contribution in [0.1, 0.15) is 37.4 Å². The third-order valence-electron chi connectivity index (χ3n) is 5.21. The van der Waals surface area contributed by atoms with Gasteiger partial charge in [0.05, 0.1) is 31.2 Å². The molecule has 1 aromatic heterocycles. The Bertz CT molecular complexity index is 716. The fraction of sp³-hybridized carbons (Fsp3) is 0.500. The van der Waals surface area contributed by atoms with Crippen LogP contribution in [0, 0.1) is 0 Å². The molecule has 0 bridgehead atoms. The highest BCUT2D eigenvalue weighted by Crippen LogP contribution is 2.35. The van der Waals surface area contributed by atoms with E-state index in [1.165, 1.54) is 6.42 Å². The van der Waals surface area contributed by atoms with E-state index < -0.39 is 0 Å². The average Bonchev–Trinajstić information content (AvgIpc) is 3.19. The highest BCUT2D eigenvalue weighted by molar-refractivity contribution is 5.33. The molecule has 6 heteroatoms. The van der Waals surface area contributed by atoms with E-state index in [-0.39, 0.29) is 0 Å². The molecule has 0 unspecified atom stereocenters. The van der Waals surface area contributed by atoms with Gasteiger partial charge in [0.25, 0.3) is 0 Å². The Morgan fingerprint density at radius 1 is 1.04 bits per heavy atom. The lowest BCUT2D eigenvalue weighted by atomic mass is 10.0. The maximum atomic E-state index is 5.89. The van der Waals surface area contributed by atoms with Gasteiger partial charge in [-0.05, 0) is 56.5 Å². The van der Waals surface area contributed by atoms with Crippen LogP contribution in [0.5, 0.6) is 17.4 Å². The molecule has 0 spiro atoms. The van der Waals surface area contributed by atoms with Gasteiger partial charge in [-0.1, -0.05) is 0 Å². The number of hydrogen-bond acceptors (Lipinski definition) is 6. The van der Waals surface area contributed by atoms with Crippen molar-refractivity contribution in [3.63, 3.8) is 0 Å². The molecule has 0 saturated carbocycles. The lowest BCUT2D eigenvalue weighted by Crippen LogP contribution is -2.39. The Kier molecular flexibility index (Phi) is 5.32. The molecule has 2 aliphatic heterocycles. The lowest BCUT2D eigenvalue weighted by Gasteiger charge is -2.35. The Labute approximate surface area is 154 Å². The average molecular weight is 355 g/mol. The second-order valence-electron chi connectivity index (χ2n) is 6.80. The first-order chi connectivity index (χ1) is 12.8. The number of hydrogen-bond donors (Lipinski definition) is 0. The zero-order chi connectivity index (χ0) is 17.8.